The summed E-state index contributed by atoms with van der Waals surface area (Å²) in [7, 11) is -1.68. The minimum Gasteiger partial charge on any atom is -0.444 e. The van der Waals surface area contributed by atoms with Gasteiger partial charge in [0.1, 0.15) is 44.5 Å². The lowest BCUT2D eigenvalue weighted by molar-refractivity contribution is 0.0212. The van der Waals surface area contributed by atoms with Crippen LogP contribution >= 0.6 is 23.2 Å². The number of ether oxygens (including phenoxy) is 2. The van der Waals surface area contributed by atoms with E-state index in [0.717, 1.165) is 41.1 Å². The van der Waals surface area contributed by atoms with Gasteiger partial charge in [-0.05, 0) is 71.6 Å². The van der Waals surface area contributed by atoms with Gasteiger partial charge in [-0.15, -0.1) is 0 Å². The van der Waals surface area contributed by atoms with Crippen molar-refractivity contribution in [2.75, 3.05) is 12.7 Å². The van der Waals surface area contributed by atoms with E-state index in [0.29, 0.717) is 46.1 Å². The lowest BCUT2D eigenvalue weighted by Gasteiger charge is -2.28. The number of nitrogens with zero attached hydrogens (tertiary/aromatic N) is 4. The van der Waals surface area contributed by atoms with Crippen molar-refractivity contribution in [1.29, 1.82) is 0 Å². The summed E-state index contributed by atoms with van der Waals surface area (Å²) < 4.78 is 11.4. The van der Waals surface area contributed by atoms with Gasteiger partial charge in [0.05, 0.1) is 20.2 Å². The summed E-state index contributed by atoms with van der Waals surface area (Å²) in [5.41, 5.74) is 3.93. The molecule has 0 unspecified atom stereocenters. The van der Waals surface area contributed by atoms with E-state index in [2.05, 4.69) is 23.1 Å². The molecule has 13 heteroatoms. The first-order chi connectivity index (χ1) is 23.4. The average molecular weight is 738 g/mol. The van der Waals surface area contributed by atoms with Gasteiger partial charge in [-0.2, -0.15) is 0 Å². The van der Waals surface area contributed by atoms with Gasteiger partial charge >= 0.3 is 12.2 Å². The number of halogens is 2. The number of carbonyl (C=O) groups is 2. The van der Waals surface area contributed by atoms with Gasteiger partial charge in [0, 0.05) is 23.8 Å². The van der Waals surface area contributed by atoms with E-state index in [9.17, 15) is 9.59 Å². The second-order valence-corrected chi connectivity index (χ2v) is 21.9. The van der Waals surface area contributed by atoms with E-state index < -0.39 is 19.3 Å². The zero-order valence-corrected chi connectivity index (χ0v) is 32.5. The number of likely N-dealkylation sites (tertiary alicyclic amines) is 1. The second-order valence-electron chi connectivity index (χ2n) is 16.0. The molecule has 0 bridgehead atoms. The molecule has 0 saturated carbocycles. The topological polar surface area (TPSA) is 116 Å². The van der Waals surface area contributed by atoms with Crippen molar-refractivity contribution in [2.24, 2.45) is 0 Å². The van der Waals surface area contributed by atoms with Gasteiger partial charge in [0.15, 0.2) is 0 Å². The number of amides is 2. The molecule has 2 aliphatic rings. The summed E-state index contributed by atoms with van der Waals surface area (Å²) in [6.07, 6.45) is 1.69. The van der Waals surface area contributed by atoms with Crippen molar-refractivity contribution in [3.8, 4) is 33.6 Å². The Morgan fingerprint density at radius 2 is 1.14 bits per heavy atom. The molecule has 2 aromatic carbocycles. The van der Waals surface area contributed by atoms with Crippen LogP contribution in [0.2, 0.25) is 29.4 Å². The Balaban J connectivity index is 1.17. The van der Waals surface area contributed by atoms with Crippen LogP contribution in [-0.4, -0.2) is 73.9 Å². The number of hydrogen-bond donors (Lipinski definition) is 2. The smallest absolute Gasteiger partial charge is 0.410 e. The second kappa shape index (κ2) is 13.4. The van der Waals surface area contributed by atoms with Crippen molar-refractivity contribution in [2.45, 2.75) is 96.8 Å². The predicted molar refractivity (Wildman–Crippen MR) is 200 cm³/mol. The van der Waals surface area contributed by atoms with E-state index in [1.54, 1.807) is 4.90 Å². The number of hydrogen-bond acceptors (Lipinski definition) is 6. The maximum atomic E-state index is 13.1. The Morgan fingerprint density at radius 3 is 1.60 bits per heavy atom. The van der Waals surface area contributed by atoms with E-state index in [1.807, 2.05) is 95.0 Å². The molecule has 2 amide bonds. The van der Waals surface area contributed by atoms with Crippen molar-refractivity contribution >= 4 is 43.5 Å². The number of rotatable bonds is 5. The molecule has 4 heterocycles. The van der Waals surface area contributed by atoms with Crippen LogP contribution in [-0.2, 0) is 9.47 Å². The van der Waals surface area contributed by atoms with Gasteiger partial charge in [0.25, 0.3) is 0 Å². The molecule has 0 radical (unpaired) electrons. The van der Waals surface area contributed by atoms with Crippen molar-refractivity contribution in [3.05, 3.63) is 70.5 Å². The molecule has 6 rings (SSSR count). The summed E-state index contributed by atoms with van der Waals surface area (Å²) in [6, 6.07) is 16.6. The highest BCUT2D eigenvalue weighted by Crippen LogP contribution is 2.40. The number of benzene rings is 2. The Bertz CT molecular complexity index is 1880. The first kappa shape index (κ1) is 36.0. The van der Waals surface area contributed by atoms with Crippen LogP contribution in [0.4, 0.5) is 9.59 Å². The van der Waals surface area contributed by atoms with Crippen LogP contribution in [0.3, 0.4) is 0 Å². The minimum absolute atomic E-state index is 0.211. The lowest BCUT2D eigenvalue weighted by Crippen LogP contribution is -2.39. The fraction of sp³-hybridized carbons (Fsp3) is 0.459. The third-order valence-electron chi connectivity index (χ3n) is 8.87. The summed E-state index contributed by atoms with van der Waals surface area (Å²) in [5.74, 6) is 1.34. The third kappa shape index (κ3) is 7.90. The van der Waals surface area contributed by atoms with Gasteiger partial charge in [-0.3, -0.25) is 4.90 Å². The minimum atomic E-state index is -1.68. The van der Waals surface area contributed by atoms with Crippen LogP contribution in [0.1, 0.15) is 78.1 Å². The van der Waals surface area contributed by atoms with E-state index >= 15 is 0 Å². The summed E-state index contributed by atoms with van der Waals surface area (Å²) >= 11 is 13.4. The van der Waals surface area contributed by atoms with E-state index in [-0.39, 0.29) is 24.3 Å². The quantitative estimate of drug-likeness (QED) is 0.197. The number of H-pyrrole nitrogens is 2. The van der Waals surface area contributed by atoms with E-state index in [4.69, 9.17) is 42.6 Å². The highest BCUT2D eigenvalue weighted by molar-refractivity contribution is 6.78. The standard InChI is InChI=1S/C37H46Cl2N6O4Si/c1-36(2,3)48-34(46)44-19-9-10-26(44)32-40-28(30(38)42-32)24-15-11-22(12-16-24)23-13-17-25(18-14-23)29-31(39)43-33(41-29)27-20-50(7,8)21-45(27)35(47)49-37(4,5)6/h11-18,26-27H,9-10,19-21H2,1-8H3,(H,40,42)(H,41,43)/t26-,27-/m0/s1. The van der Waals surface area contributed by atoms with Gasteiger partial charge < -0.3 is 24.3 Å². The van der Waals surface area contributed by atoms with Gasteiger partial charge in [0.2, 0.25) is 0 Å². The Labute approximate surface area is 304 Å². The molecule has 0 aliphatic carbocycles. The largest absolute Gasteiger partial charge is 0.444 e. The molecule has 2 N–H and O–H groups in total. The van der Waals surface area contributed by atoms with Crippen LogP contribution in [0.25, 0.3) is 33.6 Å². The first-order valence-electron chi connectivity index (χ1n) is 17.1. The summed E-state index contributed by atoms with van der Waals surface area (Å²) in [6.45, 7) is 16.4. The molecule has 2 aliphatic heterocycles. The molecule has 4 aromatic rings. The molecule has 266 valence electrons. The maximum Gasteiger partial charge on any atom is 0.410 e. The summed E-state index contributed by atoms with van der Waals surface area (Å²) in [5, 5.41) is 0.871. The fourth-order valence-electron chi connectivity index (χ4n) is 6.69. The molecular weight excluding hydrogens is 691 g/mol. The van der Waals surface area contributed by atoms with Gasteiger partial charge in [-0.25, -0.2) is 19.6 Å². The normalized spacial score (nSPS) is 19.2. The average Bonchev–Trinajstić information content (AvgIpc) is 3.80. The lowest BCUT2D eigenvalue weighted by atomic mass is 10.0. The highest BCUT2D eigenvalue weighted by Gasteiger charge is 2.45. The number of carbonyl (C=O) groups excluding carboxylic acids is 2. The van der Waals surface area contributed by atoms with Crippen LogP contribution in [0.5, 0.6) is 0 Å². The van der Waals surface area contributed by atoms with Crippen molar-refractivity contribution in [1.82, 2.24) is 29.7 Å². The number of nitrogens with one attached hydrogen (secondary N) is 2. The van der Waals surface area contributed by atoms with Crippen LogP contribution < -0.4 is 0 Å². The van der Waals surface area contributed by atoms with Crippen LogP contribution in [0, 0.1) is 0 Å². The molecule has 2 saturated heterocycles. The predicted octanol–water partition coefficient (Wildman–Crippen LogP) is 10.1. The zero-order chi connectivity index (χ0) is 36.2. The van der Waals surface area contributed by atoms with Crippen molar-refractivity contribution in [3.63, 3.8) is 0 Å². The fourth-order valence-corrected chi connectivity index (χ4v) is 10.1. The number of imidazole rings is 2. The first-order valence-corrected chi connectivity index (χ1v) is 21.3. The molecule has 2 atom stereocenters. The Morgan fingerprint density at radius 1 is 0.720 bits per heavy atom. The molecule has 2 fully saturated rings. The molecule has 10 nitrogen and oxygen atoms in total. The van der Waals surface area contributed by atoms with E-state index in [1.165, 1.54) is 0 Å². The number of aromatic nitrogens is 4. The van der Waals surface area contributed by atoms with Crippen LogP contribution in [0.15, 0.2) is 48.5 Å². The monoisotopic (exact) mass is 736 g/mol. The molecule has 50 heavy (non-hydrogen) atoms. The molecular formula is C37H46Cl2N6O4Si. The Kier molecular flexibility index (Phi) is 9.64. The SMILES string of the molecule is CC(C)(C)OC(=O)N1CCC[C@H]1c1nc(-c2ccc(-c3ccc(-c4nc([C@@H]5C[Si](C)(C)CN5C(=O)OC(C)(C)C)[nH]c4Cl)cc3)cc2)c(Cl)[nH]1. The highest BCUT2D eigenvalue weighted by atomic mass is 35.5. The van der Waals surface area contributed by atoms with Gasteiger partial charge in [-0.1, -0.05) is 84.8 Å². The van der Waals surface area contributed by atoms with Crippen molar-refractivity contribution < 1.29 is 19.1 Å². The Hall–Kier alpha value is -3.80. The molecule has 0 spiro atoms. The summed E-state index contributed by atoms with van der Waals surface area (Å²) in [4.78, 5) is 45.7. The maximum absolute atomic E-state index is 13.1. The number of aromatic amines is 2. The third-order valence-corrected chi connectivity index (χ3v) is 12.1. The zero-order valence-electron chi connectivity index (χ0n) is 30.0. The molecule has 2 aromatic heterocycles.